The normalized spacial score (nSPS) is 10.5. The largest absolute Gasteiger partial charge is 0.545 e. The number of hydrogen-bond acceptors (Lipinski definition) is 3. The first-order valence-corrected chi connectivity index (χ1v) is 2.65. The van der Waals surface area contributed by atoms with Crippen molar-refractivity contribution in [3.8, 4) is 0 Å². The van der Waals surface area contributed by atoms with Crippen molar-refractivity contribution in [1.82, 2.24) is 10.2 Å². The number of nitrogens with zero attached hydrogens (tertiary/aromatic N) is 1. The Morgan fingerprint density at radius 2 is 2.36 bits per heavy atom. The average Bonchev–Trinajstić information content (AvgIpc) is 2.32. The molecule has 11 heavy (non-hydrogen) atoms. The topological polar surface area (TPSA) is 68.8 Å². The van der Waals surface area contributed by atoms with E-state index in [1.165, 1.54) is 0 Å². The fraction of sp³-hybridized carbons (Fsp3) is 0.200. The summed E-state index contributed by atoms with van der Waals surface area (Å²) in [6.45, 7) is 0. The van der Waals surface area contributed by atoms with Gasteiger partial charge >= 0.3 is 0 Å². The molecule has 0 atom stereocenters. The molecule has 1 heterocycles. The molecule has 0 amide bonds. The number of aromatic nitrogens is 2. The molecular weight excluding hydrogens is 158 g/mol. The molecule has 0 spiro atoms. The Kier molecular flexibility index (Phi) is 1.84. The van der Waals surface area contributed by atoms with E-state index in [0.717, 1.165) is 6.20 Å². The molecule has 0 aliphatic heterocycles. The minimum atomic E-state index is -2.87. The van der Waals surface area contributed by atoms with Gasteiger partial charge in [-0.25, -0.2) is 8.78 Å². The maximum absolute atomic E-state index is 11.9. The van der Waals surface area contributed by atoms with Gasteiger partial charge in [0.2, 0.25) is 0 Å². The molecule has 0 aliphatic rings. The maximum Gasteiger partial charge on any atom is 0.280 e. The molecule has 1 aromatic heterocycles. The summed E-state index contributed by atoms with van der Waals surface area (Å²) in [7, 11) is 0. The van der Waals surface area contributed by atoms with E-state index < -0.39 is 23.7 Å². The van der Waals surface area contributed by atoms with Crippen LogP contribution in [0, 0.1) is 0 Å². The van der Waals surface area contributed by atoms with Gasteiger partial charge in [0.15, 0.2) is 0 Å². The van der Waals surface area contributed by atoms with Gasteiger partial charge in [0.05, 0.1) is 12.2 Å². The summed E-state index contributed by atoms with van der Waals surface area (Å²) in [5.74, 6) is -1.66. The van der Waals surface area contributed by atoms with Gasteiger partial charge in [-0.1, -0.05) is 0 Å². The average molecular weight is 161 g/mol. The molecule has 1 N–H and O–H groups in total. The number of aromatic amines is 1. The van der Waals surface area contributed by atoms with E-state index >= 15 is 0 Å². The van der Waals surface area contributed by atoms with Crippen molar-refractivity contribution < 1.29 is 18.7 Å². The Morgan fingerprint density at radius 1 is 1.73 bits per heavy atom. The number of carbonyl (C=O) groups is 1. The summed E-state index contributed by atoms with van der Waals surface area (Å²) in [5, 5.41) is 15.1. The standard InChI is InChI=1S/C5H4F2N2O2/c6-4(7)3-2(5(10)11)1-8-9-3/h1,4H,(H,8,9)(H,10,11)/p-1. The number of carbonyl (C=O) groups excluding carboxylic acids is 1. The molecule has 0 radical (unpaired) electrons. The number of H-pyrrole nitrogens is 1. The van der Waals surface area contributed by atoms with E-state index in [2.05, 4.69) is 5.10 Å². The first-order chi connectivity index (χ1) is 5.13. The minimum absolute atomic E-state index is 0.597. The molecule has 0 fully saturated rings. The van der Waals surface area contributed by atoms with E-state index in [9.17, 15) is 18.7 Å². The van der Waals surface area contributed by atoms with E-state index in [-0.39, 0.29) is 0 Å². The number of rotatable bonds is 2. The highest BCUT2D eigenvalue weighted by Crippen LogP contribution is 2.18. The van der Waals surface area contributed by atoms with E-state index in [0.29, 0.717) is 0 Å². The number of halogens is 2. The molecule has 0 aliphatic carbocycles. The SMILES string of the molecule is O=C([O-])c1cn[nH]c1C(F)F. The zero-order chi connectivity index (χ0) is 8.43. The number of carboxylic acids is 1. The second-order valence-corrected chi connectivity index (χ2v) is 1.79. The highest BCUT2D eigenvalue weighted by Gasteiger charge is 2.15. The van der Waals surface area contributed by atoms with Gasteiger partial charge in [0, 0.05) is 5.56 Å². The molecule has 6 heteroatoms. The number of nitrogens with one attached hydrogen (secondary N) is 1. The fourth-order valence-corrected chi connectivity index (χ4v) is 0.625. The summed E-state index contributed by atoms with van der Waals surface area (Å²) in [6.07, 6.45) is -2.08. The lowest BCUT2D eigenvalue weighted by Crippen LogP contribution is -2.23. The third-order valence-corrected chi connectivity index (χ3v) is 1.11. The van der Waals surface area contributed by atoms with Crippen LogP contribution < -0.4 is 5.11 Å². The highest BCUT2D eigenvalue weighted by atomic mass is 19.3. The van der Waals surface area contributed by atoms with Crippen LogP contribution in [-0.4, -0.2) is 16.2 Å². The van der Waals surface area contributed by atoms with Crippen LogP contribution in [-0.2, 0) is 0 Å². The van der Waals surface area contributed by atoms with Crippen LogP contribution >= 0.6 is 0 Å². The third kappa shape index (κ3) is 1.34. The summed E-state index contributed by atoms with van der Waals surface area (Å²) >= 11 is 0. The van der Waals surface area contributed by atoms with Gasteiger partial charge in [-0.3, -0.25) is 5.10 Å². The number of aromatic carboxylic acids is 1. The summed E-state index contributed by atoms with van der Waals surface area (Å²) in [6, 6.07) is 0. The molecular formula is C5H3F2N2O2-. The third-order valence-electron chi connectivity index (χ3n) is 1.11. The summed E-state index contributed by atoms with van der Waals surface area (Å²) in [5.41, 5.74) is -1.31. The summed E-state index contributed by atoms with van der Waals surface area (Å²) < 4.78 is 23.7. The Balaban J connectivity index is 3.06. The number of hydrogen-bond donors (Lipinski definition) is 1. The Morgan fingerprint density at radius 3 is 2.73 bits per heavy atom. The van der Waals surface area contributed by atoms with E-state index in [1.54, 1.807) is 0 Å². The van der Waals surface area contributed by atoms with Gasteiger partial charge in [0.25, 0.3) is 6.43 Å². The smallest absolute Gasteiger partial charge is 0.280 e. The number of carboxylic acid groups (broad SMARTS) is 1. The number of alkyl halides is 2. The molecule has 0 saturated heterocycles. The van der Waals surface area contributed by atoms with E-state index in [4.69, 9.17) is 0 Å². The molecule has 0 saturated carbocycles. The molecule has 0 unspecified atom stereocenters. The van der Waals surface area contributed by atoms with Crippen molar-refractivity contribution >= 4 is 5.97 Å². The predicted octanol–water partition coefficient (Wildman–Crippen LogP) is -0.289. The molecule has 1 rings (SSSR count). The van der Waals surface area contributed by atoms with Crippen LogP contribution in [0.2, 0.25) is 0 Å². The second kappa shape index (κ2) is 2.65. The molecule has 4 nitrogen and oxygen atoms in total. The molecule has 1 aromatic rings. The van der Waals surface area contributed by atoms with Crippen LogP contribution in [0.1, 0.15) is 22.5 Å². The second-order valence-electron chi connectivity index (χ2n) is 1.79. The molecule has 60 valence electrons. The highest BCUT2D eigenvalue weighted by molar-refractivity contribution is 5.86. The van der Waals surface area contributed by atoms with Gasteiger partial charge < -0.3 is 9.90 Å². The lowest BCUT2D eigenvalue weighted by Gasteiger charge is -2.00. The lowest BCUT2D eigenvalue weighted by molar-refractivity contribution is -0.255. The van der Waals surface area contributed by atoms with Gasteiger partial charge in [-0.2, -0.15) is 5.10 Å². The van der Waals surface area contributed by atoms with E-state index in [1.807, 2.05) is 5.10 Å². The Bertz CT molecular complexity index is 271. The van der Waals surface area contributed by atoms with Gasteiger partial charge in [-0.15, -0.1) is 0 Å². The maximum atomic E-state index is 11.9. The molecule has 0 aromatic carbocycles. The Hall–Kier alpha value is -1.46. The monoisotopic (exact) mass is 161 g/mol. The predicted molar refractivity (Wildman–Crippen MR) is 27.9 cm³/mol. The zero-order valence-electron chi connectivity index (χ0n) is 5.17. The van der Waals surface area contributed by atoms with Crippen LogP contribution in [0.5, 0.6) is 0 Å². The van der Waals surface area contributed by atoms with Crippen molar-refractivity contribution in [2.45, 2.75) is 6.43 Å². The van der Waals surface area contributed by atoms with Crippen molar-refractivity contribution in [3.05, 3.63) is 17.5 Å². The van der Waals surface area contributed by atoms with Crippen LogP contribution in [0.4, 0.5) is 8.78 Å². The van der Waals surface area contributed by atoms with Crippen LogP contribution in [0.3, 0.4) is 0 Å². The van der Waals surface area contributed by atoms with Crippen LogP contribution in [0.25, 0.3) is 0 Å². The van der Waals surface area contributed by atoms with Crippen molar-refractivity contribution in [2.24, 2.45) is 0 Å². The Labute approximate surface area is 59.8 Å². The van der Waals surface area contributed by atoms with Gasteiger partial charge in [0.1, 0.15) is 5.69 Å². The minimum Gasteiger partial charge on any atom is -0.545 e. The lowest BCUT2D eigenvalue weighted by atomic mass is 10.2. The van der Waals surface area contributed by atoms with Crippen molar-refractivity contribution in [3.63, 3.8) is 0 Å². The summed E-state index contributed by atoms with van der Waals surface area (Å²) in [4.78, 5) is 10.1. The quantitative estimate of drug-likeness (QED) is 0.647. The van der Waals surface area contributed by atoms with Crippen molar-refractivity contribution in [2.75, 3.05) is 0 Å². The van der Waals surface area contributed by atoms with Gasteiger partial charge in [-0.05, 0) is 0 Å². The first-order valence-electron chi connectivity index (χ1n) is 2.65. The van der Waals surface area contributed by atoms with Crippen molar-refractivity contribution in [1.29, 1.82) is 0 Å². The molecule has 0 bridgehead atoms. The fourth-order valence-electron chi connectivity index (χ4n) is 0.625. The zero-order valence-corrected chi connectivity index (χ0v) is 5.17. The van der Waals surface area contributed by atoms with Crippen LogP contribution in [0.15, 0.2) is 6.20 Å². The first kappa shape index (κ1) is 7.64.